The van der Waals surface area contributed by atoms with Crippen LogP contribution in [0.25, 0.3) is 0 Å². The van der Waals surface area contributed by atoms with Crippen LogP contribution in [-0.4, -0.2) is 60.0 Å². The van der Waals surface area contributed by atoms with Crippen molar-refractivity contribution >= 4 is 11.8 Å². The van der Waals surface area contributed by atoms with Crippen molar-refractivity contribution in [3.63, 3.8) is 0 Å². The Morgan fingerprint density at radius 1 is 0.943 bits per heavy atom. The third kappa shape index (κ3) is 6.92. The standard InChI is InChI=1S/C29H39N3O3/c1-20-12-21(2)14-27(13-20)29(34)32-11-5-6-26(19-32)28(33)30-15-24-7-9-25(10-8-24)18-31-16-22(3)35-23(4)17-31/h7-10,12-14,22-23,26H,5-6,11,15-19H2,1-4H3,(H,30,33). The summed E-state index contributed by atoms with van der Waals surface area (Å²) in [5, 5.41) is 3.09. The third-order valence-corrected chi connectivity index (χ3v) is 6.94. The minimum absolute atomic E-state index is 0.0222. The van der Waals surface area contributed by atoms with Gasteiger partial charge in [0.2, 0.25) is 5.91 Å². The van der Waals surface area contributed by atoms with E-state index in [1.165, 1.54) is 5.56 Å². The molecule has 2 fully saturated rings. The van der Waals surface area contributed by atoms with E-state index in [0.29, 0.717) is 25.2 Å². The Kier molecular flexibility index (Phi) is 8.24. The molecule has 0 aliphatic carbocycles. The molecule has 0 bridgehead atoms. The highest BCUT2D eigenvalue weighted by Gasteiger charge is 2.29. The molecule has 2 aromatic rings. The van der Waals surface area contributed by atoms with Crippen LogP contribution >= 0.6 is 0 Å². The van der Waals surface area contributed by atoms with Gasteiger partial charge in [0.15, 0.2) is 0 Å². The van der Waals surface area contributed by atoms with Gasteiger partial charge >= 0.3 is 0 Å². The number of ether oxygens (including phenoxy) is 1. The van der Waals surface area contributed by atoms with E-state index in [0.717, 1.165) is 49.2 Å². The van der Waals surface area contributed by atoms with Crippen molar-refractivity contribution in [3.8, 4) is 0 Å². The summed E-state index contributed by atoms with van der Waals surface area (Å²) in [6.07, 6.45) is 2.19. The maximum absolute atomic E-state index is 13.0. The van der Waals surface area contributed by atoms with Gasteiger partial charge in [-0.2, -0.15) is 0 Å². The predicted octanol–water partition coefficient (Wildman–Crippen LogP) is 4.08. The second kappa shape index (κ2) is 11.4. The fourth-order valence-corrected chi connectivity index (χ4v) is 5.42. The van der Waals surface area contributed by atoms with E-state index in [2.05, 4.69) is 54.4 Å². The van der Waals surface area contributed by atoms with E-state index < -0.39 is 0 Å². The molecule has 35 heavy (non-hydrogen) atoms. The lowest BCUT2D eigenvalue weighted by molar-refractivity contribution is -0.126. The van der Waals surface area contributed by atoms with Crippen molar-refractivity contribution in [2.45, 2.75) is 65.8 Å². The van der Waals surface area contributed by atoms with E-state index in [1.807, 2.05) is 30.9 Å². The lowest BCUT2D eigenvalue weighted by atomic mass is 9.96. The van der Waals surface area contributed by atoms with Gasteiger partial charge in [0, 0.05) is 44.8 Å². The van der Waals surface area contributed by atoms with Crippen LogP contribution in [0.15, 0.2) is 42.5 Å². The Hall–Kier alpha value is -2.70. The highest BCUT2D eigenvalue weighted by Crippen LogP contribution is 2.21. The maximum Gasteiger partial charge on any atom is 0.253 e. The first kappa shape index (κ1) is 25.4. The summed E-state index contributed by atoms with van der Waals surface area (Å²) in [7, 11) is 0. The first-order chi connectivity index (χ1) is 16.8. The molecule has 2 saturated heterocycles. The molecule has 1 N–H and O–H groups in total. The fraction of sp³-hybridized carbons (Fsp3) is 0.517. The number of hydrogen-bond acceptors (Lipinski definition) is 4. The molecule has 0 aromatic heterocycles. The van der Waals surface area contributed by atoms with Crippen LogP contribution in [0.4, 0.5) is 0 Å². The second-order valence-corrected chi connectivity index (χ2v) is 10.5. The molecule has 4 rings (SSSR count). The van der Waals surface area contributed by atoms with Crippen molar-refractivity contribution < 1.29 is 14.3 Å². The van der Waals surface area contributed by atoms with Crippen molar-refractivity contribution in [2.24, 2.45) is 5.92 Å². The van der Waals surface area contributed by atoms with Gasteiger partial charge in [-0.25, -0.2) is 0 Å². The smallest absolute Gasteiger partial charge is 0.253 e. The zero-order valence-corrected chi connectivity index (χ0v) is 21.5. The number of aryl methyl sites for hydroxylation is 2. The van der Waals surface area contributed by atoms with Gasteiger partial charge in [-0.1, -0.05) is 41.5 Å². The lowest BCUT2D eigenvalue weighted by Crippen LogP contribution is -2.45. The summed E-state index contributed by atoms with van der Waals surface area (Å²) in [6.45, 7) is 12.8. The van der Waals surface area contributed by atoms with E-state index in [4.69, 9.17) is 4.74 Å². The first-order valence-electron chi connectivity index (χ1n) is 12.9. The summed E-state index contributed by atoms with van der Waals surface area (Å²) >= 11 is 0. The number of amides is 2. The van der Waals surface area contributed by atoms with Gasteiger partial charge in [-0.3, -0.25) is 14.5 Å². The number of morpholine rings is 1. The maximum atomic E-state index is 13.0. The fourth-order valence-electron chi connectivity index (χ4n) is 5.42. The van der Waals surface area contributed by atoms with Gasteiger partial charge in [0.05, 0.1) is 18.1 Å². The van der Waals surface area contributed by atoms with Crippen molar-refractivity contribution in [2.75, 3.05) is 26.2 Å². The summed E-state index contributed by atoms with van der Waals surface area (Å²) in [5.74, 6) is -0.111. The highest BCUT2D eigenvalue weighted by atomic mass is 16.5. The number of benzene rings is 2. The van der Waals surface area contributed by atoms with Crippen molar-refractivity contribution in [1.82, 2.24) is 15.1 Å². The van der Waals surface area contributed by atoms with E-state index >= 15 is 0 Å². The Morgan fingerprint density at radius 2 is 1.57 bits per heavy atom. The van der Waals surface area contributed by atoms with Crippen molar-refractivity contribution in [1.29, 1.82) is 0 Å². The summed E-state index contributed by atoms with van der Waals surface area (Å²) in [5.41, 5.74) is 5.24. The minimum atomic E-state index is -0.164. The lowest BCUT2D eigenvalue weighted by Gasteiger charge is -2.35. The molecule has 2 aliphatic rings. The average molecular weight is 478 g/mol. The van der Waals surface area contributed by atoms with E-state index in [9.17, 15) is 9.59 Å². The quantitative estimate of drug-likeness (QED) is 0.681. The Bertz CT molecular complexity index is 1010. The normalized spacial score (nSPS) is 23.2. The van der Waals surface area contributed by atoms with Gasteiger partial charge in [-0.05, 0) is 63.8 Å². The molecule has 6 nitrogen and oxygen atoms in total. The Morgan fingerprint density at radius 3 is 2.23 bits per heavy atom. The molecule has 0 radical (unpaired) electrons. The third-order valence-electron chi connectivity index (χ3n) is 6.94. The molecule has 2 aromatic carbocycles. The Balaban J connectivity index is 1.27. The van der Waals surface area contributed by atoms with Crippen molar-refractivity contribution in [3.05, 3.63) is 70.3 Å². The zero-order chi connectivity index (χ0) is 24.9. The van der Waals surface area contributed by atoms with E-state index in [1.54, 1.807) is 0 Å². The van der Waals surface area contributed by atoms with Gasteiger partial charge in [0.25, 0.3) is 5.91 Å². The monoisotopic (exact) mass is 477 g/mol. The van der Waals surface area contributed by atoms with Gasteiger partial charge < -0.3 is 15.0 Å². The summed E-state index contributed by atoms with van der Waals surface area (Å²) in [4.78, 5) is 30.2. The van der Waals surface area contributed by atoms with E-state index in [-0.39, 0.29) is 29.9 Å². The number of rotatable bonds is 6. The first-order valence-corrected chi connectivity index (χ1v) is 12.9. The topological polar surface area (TPSA) is 61.9 Å². The largest absolute Gasteiger partial charge is 0.373 e. The molecule has 3 atom stereocenters. The number of carbonyl (C=O) groups excluding carboxylic acids is 2. The average Bonchev–Trinajstić information content (AvgIpc) is 2.82. The number of nitrogens with one attached hydrogen (secondary N) is 1. The molecule has 6 heteroatoms. The van der Waals surface area contributed by atoms with Crippen LogP contribution in [0.3, 0.4) is 0 Å². The molecular weight excluding hydrogens is 438 g/mol. The molecule has 3 unspecified atom stereocenters. The molecule has 2 heterocycles. The number of nitrogens with zero attached hydrogens (tertiary/aromatic N) is 2. The van der Waals surface area contributed by atoms with Crippen LogP contribution in [0.2, 0.25) is 0 Å². The molecule has 188 valence electrons. The van der Waals surface area contributed by atoms with Crippen LogP contribution in [0.5, 0.6) is 0 Å². The number of likely N-dealkylation sites (tertiary alicyclic amines) is 1. The predicted molar refractivity (Wildman–Crippen MR) is 138 cm³/mol. The second-order valence-electron chi connectivity index (χ2n) is 10.5. The Labute approximate surface area is 209 Å². The molecule has 2 amide bonds. The zero-order valence-electron chi connectivity index (χ0n) is 21.5. The molecule has 0 saturated carbocycles. The van der Waals surface area contributed by atoms with Crippen LogP contribution < -0.4 is 5.32 Å². The SMILES string of the molecule is Cc1cc(C)cc(C(=O)N2CCCC(C(=O)NCc3ccc(CN4CC(C)OC(C)C4)cc3)C2)c1. The van der Waals surface area contributed by atoms with Gasteiger partial charge in [-0.15, -0.1) is 0 Å². The van der Waals surface area contributed by atoms with Crippen LogP contribution in [-0.2, 0) is 22.6 Å². The summed E-state index contributed by atoms with van der Waals surface area (Å²) in [6, 6.07) is 14.4. The molecule has 2 aliphatic heterocycles. The minimum Gasteiger partial charge on any atom is -0.373 e. The number of piperidine rings is 1. The number of hydrogen-bond donors (Lipinski definition) is 1. The van der Waals surface area contributed by atoms with Crippen LogP contribution in [0, 0.1) is 19.8 Å². The summed E-state index contributed by atoms with van der Waals surface area (Å²) < 4.78 is 5.83. The van der Waals surface area contributed by atoms with Gasteiger partial charge in [0.1, 0.15) is 0 Å². The molecule has 0 spiro atoms. The van der Waals surface area contributed by atoms with Crippen LogP contribution in [0.1, 0.15) is 59.3 Å². The highest BCUT2D eigenvalue weighted by molar-refractivity contribution is 5.95. The number of carbonyl (C=O) groups is 2. The molecular formula is C29H39N3O3.